The first kappa shape index (κ1) is 19.7. The van der Waals surface area contributed by atoms with Gasteiger partial charge in [-0.1, -0.05) is 5.16 Å². The summed E-state index contributed by atoms with van der Waals surface area (Å²) in [7, 11) is -1.05. The third-order valence-corrected chi connectivity index (χ3v) is 5.04. The third kappa shape index (κ3) is 4.52. The number of aromatic nitrogens is 1. The van der Waals surface area contributed by atoms with Crippen LogP contribution in [-0.2, 0) is 14.8 Å². The molecule has 1 heterocycles. The van der Waals surface area contributed by atoms with Gasteiger partial charge >= 0.3 is 0 Å². The monoisotopic (exact) mass is 383 g/mol. The lowest BCUT2D eigenvalue weighted by Gasteiger charge is -2.18. The molecule has 0 aliphatic rings. The van der Waals surface area contributed by atoms with Crippen molar-refractivity contribution < 1.29 is 27.2 Å². The quantitative estimate of drug-likeness (QED) is 0.732. The lowest BCUT2D eigenvalue weighted by atomic mass is 10.3. The maximum atomic E-state index is 12.6. The van der Waals surface area contributed by atoms with Gasteiger partial charge in [-0.25, -0.2) is 13.1 Å². The van der Waals surface area contributed by atoms with Crippen LogP contribution in [0.15, 0.2) is 33.7 Å². The number of ether oxygens (including phenoxy) is 2. The SMILES string of the molecule is COc1ccc(OC)c(S(=O)(=O)NCCN(C(C)=O)c2cc(C)on2)c1. The molecule has 0 atom stereocenters. The predicted octanol–water partition coefficient (Wildman–Crippen LogP) is 1.33. The van der Waals surface area contributed by atoms with Gasteiger partial charge in [-0.2, -0.15) is 0 Å². The van der Waals surface area contributed by atoms with Crippen LogP contribution < -0.4 is 19.1 Å². The maximum Gasteiger partial charge on any atom is 0.244 e. The van der Waals surface area contributed by atoms with Crippen LogP contribution in [0.25, 0.3) is 0 Å². The van der Waals surface area contributed by atoms with Crippen LogP contribution in [0.4, 0.5) is 5.82 Å². The number of nitrogens with zero attached hydrogens (tertiary/aromatic N) is 2. The lowest BCUT2D eigenvalue weighted by Crippen LogP contribution is -2.37. The average molecular weight is 383 g/mol. The number of amides is 1. The number of hydrogen-bond donors (Lipinski definition) is 1. The van der Waals surface area contributed by atoms with Gasteiger partial charge in [0, 0.05) is 32.1 Å². The van der Waals surface area contributed by atoms with Crippen molar-refractivity contribution in [3.63, 3.8) is 0 Å². The first-order valence-corrected chi connectivity index (χ1v) is 9.20. The summed E-state index contributed by atoms with van der Waals surface area (Å²) in [4.78, 5) is 13.1. The normalized spacial score (nSPS) is 11.2. The Kier molecular flexibility index (Phi) is 6.22. The van der Waals surface area contributed by atoms with Crippen molar-refractivity contribution in [3.05, 3.63) is 30.0 Å². The van der Waals surface area contributed by atoms with Crippen molar-refractivity contribution in [1.82, 2.24) is 9.88 Å². The van der Waals surface area contributed by atoms with Gasteiger partial charge < -0.3 is 14.0 Å². The van der Waals surface area contributed by atoms with Crippen LogP contribution in [0.2, 0.25) is 0 Å². The summed E-state index contributed by atoms with van der Waals surface area (Å²) in [5, 5.41) is 3.78. The van der Waals surface area contributed by atoms with E-state index < -0.39 is 10.0 Å². The molecule has 2 rings (SSSR count). The number of anilines is 1. The van der Waals surface area contributed by atoms with Crippen LogP contribution in [0, 0.1) is 6.92 Å². The molecular formula is C16H21N3O6S. The average Bonchev–Trinajstić information content (AvgIpc) is 3.03. The van der Waals surface area contributed by atoms with Gasteiger partial charge in [-0.3, -0.25) is 9.69 Å². The van der Waals surface area contributed by atoms with Gasteiger partial charge in [-0.15, -0.1) is 0 Å². The Labute approximate surface area is 151 Å². The first-order valence-electron chi connectivity index (χ1n) is 7.71. The van der Waals surface area contributed by atoms with E-state index in [-0.39, 0.29) is 29.6 Å². The summed E-state index contributed by atoms with van der Waals surface area (Å²) >= 11 is 0. The second-order valence-corrected chi connectivity index (χ2v) is 7.12. The van der Waals surface area contributed by atoms with E-state index in [9.17, 15) is 13.2 Å². The number of methoxy groups -OCH3 is 2. The van der Waals surface area contributed by atoms with Gasteiger partial charge in [0.05, 0.1) is 14.2 Å². The zero-order chi connectivity index (χ0) is 19.3. The van der Waals surface area contributed by atoms with Crippen molar-refractivity contribution in [2.45, 2.75) is 18.7 Å². The summed E-state index contributed by atoms with van der Waals surface area (Å²) in [5.74, 6) is 1.17. The summed E-state index contributed by atoms with van der Waals surface area (Å²) in [6, 6.07) is 6.07. The summed E-state index contributed by atoms with van der Waals surface area (Å²) in [6.45, 7) is 3.14. The Balaban J connectivity index is 2.13. The van der Waals surface area contributed by atoms with E-state index in [0.717, 1.165) is 0 Å². The van der Waals surface area contributed by atoms with E-state index in [0.29, 0.717) is 17.3 Å². The highest BCUT2D eigenvalue weighted by Crippen LogP contribution is 2.27. The van der Waals surface area contributed by atoms with Crippen molar-refractivity contribution in [2.75, 3.05) is 32.2 Å². The zero-order valence-corrected chi connectivity index (χ0v) is 15.8. The molecule has 0 radical (unpaired) electrons. The molecule has 26 heavy (non-hydrogen) atoms. The molecule has 0 aliphatic carbocycles. The molecule has 1 aromatic carbocycles. The second kappa shape index (κ2) is 8.19. The van der Waals surface area contributed by atoms with Crippen LogP contribution in [-0.4, -0.2) is 46.8 Å². The zero-order valence-electron chi connectivity index (χ0n) is 15.0. The number of hydrogen-bond acceptors (Lipinski definition) is 7. The van der Waals surface area contributed by atoms with Gasteiger partial charge in [0.25, 0.3) is 0 Å². The molecule has 0 fully saturated rings. The number of rotatable bonds is 8. The minimum absolute atomic E-state index is 0.0197. The van der Waals surface area contributed by atoms with E-state index in [4.69, 9.17) is 14.0 Å². The van der Waals surface area contributed by atoms with Gasteiger partial charge in [-0.05, 0) is 19.1 Å². The Morgan fingerprint density at radius 2 is 2.00 bits per heavy atom. The number of carbonyl (C=O) groups is 1. The molecule has 0 aliphatic heterocycles. The fourth-order valence-electron chi connectivity index (χ4n) is 2.28. The van der Waals surface area contributed by atoms with E-state index in [2.05, 4.69) is 9.88 Å². The standard InChI is InChI=1S/C16H21N3O6S/c1-11-9-16(18-25-11)19(12(2)20)8-7-17-26(21,22)15-10-13(23-3)5-6-14(15)24-4/h5-6,9-10,17H,7-8H2,1-4H3. The fraction of sp³-hybridized carbons (Fsp3) is 0.375. The van der Waals surface area contributed by atoms with E-state index in [1.807, 2.05) is 0 Å². The smallest absolute Gasteiger partial charge is 0.244 e. The highest BCUT2D eigenvalue weighted by atomic mass is 32.2. The second-order valence-electron chi connectivity index (χ2n) is 5.38. The molecule has 0 spiro atoms. The molecule has 0 saturated carbocycles. The van der Waals surface area contributed by atoms with E-state index in [1.165, 1.54) is 38.2 Å². The van der Waals surface area contributed by atoms with E-state index in [1.54, 1.807) is 19.1 Å². The highest BCUT2D eigenvalue weighted by molar-refractivity contribution is 7.89. The van der Waals surface area contributed by atoms with Crippen LogP contribution >= 0.6 is 0 Å². The van der Waals surface area contributed by atoms with Crippen molar-refractivity contribution >= 4 is 21.7 Å². The Morgan fingerprint density at radius 3 is 2.54 bits per heavy atom. The third-order valence-electron chi connectivity index (χ3n) is 3.56. The number of carbonyl (C=O) groups excluding carboxylic acids is 1. The van der Waals surface area contributed by atoms with Crippen LogP contribution in [0.3, 0.4) is 0 Å². The van der Waals surface area contributed by atoms with Crippen molar-refractivity contribution in [2.24, 2.45) is 0 Å². The van der Waals surface area contributed by atoms with Crippen molar-refractivity contribution in [1.29, 1.82) is 0 Å². The molecule has 0 bridgehead atoms. The Hall–Kier alpha value is -2.59. The molecule has 1 aromatic heterocycles. The summed E-state index contributed by atoms with van der Waals surface area (Å²) in [6.07, 6.45) is 0. The van der Waals surface area contributed by atoms with E-state index >= 15 is 0 Å². The molecule has 10 heteroatoms. The number of benzene rings is 1. The lowest BCUT2D eigenvalue weighted by molar-refractivity contribution is -0.116. The largest absolute Gasteiger partial charge is 0.497 e. The molecule has 1 N–H and O–H groups in total. The highest BCUT2D eigenvalue weighted by Gasteiger charge is 2.22. The number of sulfonamides is 1. The number of aryl methyl sites for hydroxylation is 1. The molecule has 0 saturated heterocycles. The topological polar surface area (TPSA) is 111 Å². The number of nitrogens with one attached hydrogen (secondary N) is 1. The first-order chi connectivity index (χ1) is 12.3. The maximum absolute atomic E-state index is 12.6. The van der Waals surface area contributed by atoms with Crippen LogP contribution in [0.5, 0.6) is 11.5 Å². The summed E-state index contributed by atoms with van der Waals surface area (Å²) in [5.41, 5.74) is 0. The van der Waals surface area contributed by atoms with Gasteiger partial charge in [0.15, 0.2) is 5.82 Å². The van der Waals surface area contributed by atoms with Crippen LogP contribution in [0.1, 0.15) is 12.7 Å². The minimum atomic E-state index is -3.87. The molecule has 9 nitrogen and oxygen atoms in total. The van der Waals surface area contributed by atoms with Gasteiger partial charge in [0.2, 0.25) is 15.9 Å². The Morgan fingerprint density at radius 1 is 1.27 bits per heavy atom. The fourth-order valence-corrected chi connectivity index (χ4v) is 3.48. The molecule has 142 valence electrons. The van der Waals surface area contributed by atoms with Crippen molar-refractivity contribution in [3.8, 4) is 11.5 Å². The molecule has 0 unspecified atom stereocenters. The summed E-state index contributed by atoms with van der Waals surface area (Å²) < 4.78 is 42.7. The minimum Gasteiger partial charge on any atom is -0.497 e. The molecule has 1 amide bonds. The van der Waals surface area contributed by atoms with Gasteiger partial charge in [0.1, 0.15) is 22.2 Å². The molecule has 2 aromatic rings. The molecular weight excluding hydrogens is 362 g/mol. The predicted molar refractivity (Wildman–Crippen MR) is 94.0 cm³/mol. The Bertz CT molecular complexity index is 878.